The number of aromatic nitrogens is 2. The molecule has 1 aromatic rings. The van der Waals surface area contributed by atoms with Gasteiger partial charge in [0.15, 0.2) is 0 Å². The average molecular weight is 299 g/mol. The largest absolute Gasteiger partial charge is 0.375 e. The summed E-state index contributed by atoms with van der Waals surface area (Å²) in [4.78, 5) is 9.13. The Bertz CT molecular complexity index is 455. The Morgan fingerprint density at radius 3 is 2.81 bits per heavy atom. The Kier molecular flexibility index (Phi) is 6.29. The molecule has 0 radical (unpaired) electrons. The van der Waals surface area contributed by atoms with Crippen LogP contribution in [0.3, 0.4) is 0 Å². The molecule has 0 fully saturated rings. The number of aryl methyl sites for hydroxylation is 1. The zero-order chi connectivity index (χ0) is 15.1. The standard InChI is InChI=1S/C15H23F2N3O/c1-2-8-18-15-11-5-3-4-6-12(11)19-14(20-15)7-9-21-10-13(16)17/h13H,2-10H2,1H3,(H,18,19,20). The summed E-state index contributed by atoms with van der Waals surface area (Å²) in [5.74, 6) is 1.61. The second kappa shape index (κ2) is 8.22. The third-order valence-electron chi connectivity index (χ3n) is 3.49. The van der Waals surface area contributed by atoms with Gasteiger partial charge in [-0.2, -0.15) is 0 Å². The number of halogens is 2. The van der Waals surface area contributed by atoms with E-state index in [0.717, 1.165) is 43.7 Å². The van der Waals surface area contributed by atoms with Crippen molar-refractivity contribution in [3.8, 4) is 0 Å². The predicted octanol–water partition coefficient (Wildman–Crippen LogP) is 3.00. The summed E-state index contributed by atoms with van der Waals surface area (Å²) in [6.07, 6.45) is 3.41. The monoisotopic (exact) mass is 299 g/mol. The van der Waals surface area contributed by atoms with Crippen molar-refractivity contribution in [1.82, 2.24) is 9.97 Å². The Hall–Kier alpha value is -1.30. The molecule has 1 aliphatic rings. The number of ether oxygens (including phenoxy) is 1. The van der Waals surface area contributed by atoms with Gasteiger partial charge in [-0.3, -0.25) is 0 Å². The molecule has 21 heavy (non-hydrogen) atoms. The Balaban J connectivity index is 2.03. The molecular weight excluding hydrogens is 276 g/mol. The fraction of sp³-hybridized carbons (Fsp3) is 0.733. The normalized spacial score (nSPS) is 14.3. The van der Waals surface area contributed by atoms with Gasteiger partial charge in [-0.25, -0.2) is 18.7 Å². The summed E-state index contributed by atoms with van der Waals surface area (Å²) >= 11 is 0. The summed E-state index contributed by atoms with van der Waals surface area (Å²) in [6, 6.07) is 0. The molecule has 4 nitrogen and oxygen atoms in total. The zero-order valence-electron chi connectivity index (χ0n) is 12.5. The lowest BCUT2D eigenvalue weighted by Gasteiger charge is -2.19. The molecule has 0 aliphatic heterocycles. The van der Waals surface area contributed by atoms with Crippen LogP contribution in [0.2, 0.25) is 0 Å². The minimum Gasteiger partial charge on any atom is -0.375 e. The van der Waals surface area contributed by atoms with Crippen molar-refractivity contribution < 1.29 is 13.5 Å². The van der Waals surface area contributed by atoms with Crippen molar-refractivity contribution in [2.24, 2.45) is 0 Å². The maximum atomic E-state index is 12.0. The second-order valence-electron chi connectivity index (χ2n) is 5.26. The van der Waals surface area contributed by atoms with E-state index in [0.29, 0.717) is 12.2 Å². The fourth-order valence-electron chi connectivity index (χ4n) is 2.48. The molecule has 1 heterocycles. The quantitative estimate of drug-likeness (QED) is 0.750. The second-order valence-corrected chi connectivity index (χ2v) is 5.26. The number of fused-ring (bicyclic) bond motifs is 1. The van der Waals surface area contributed by atoms with Crippen molar-refractivity contribution in [3.63, 3.8) is 0 Å². The highest BCUT2D eigenvalue weighted by atomic mass is 19.3. The lowest BCUT2D eigenvalue weighted by Crippen LogP contribution is -2.16. The van der Waals surface area contributed by atoms with Crippen LogP contribution in [0.25, 0.3) is 0 Å². The topological polar surface area (TPSA) is 47.0 Å². The van der Waals surface area contributed by atoms with Crippen molar-refractivity contribution >= 4 is 5.82 Å². The molecule has 0 atom stereocenters. The zero-order valence-corrected chi connectivity index (χ0v) is 12.5. The molecule has 0 spiro atoms. The number of nitrogens with zero attached hydrogens (tertiary/aromatic N) is 2. The summed E-state index contributed by atoms with van der Waals surface area (Å²) in [6.45, 7) is 2.70. The predicted molar refractivity (Wildman–Crippen MR) is 78.0 cm³/mol. The van der Waals surface area contributed by atoms with E-state index in [9.17, 15) is 8.78 Å². The van der Waals surface area contributed by atoms with Crippen LogP contribution in [-0.2, 0) is 24.0 Å². The SMILES string of the molecule is CCCNc1nc(CCOCC(F)F)nc2c1CCCC2. The smallest absolute Gasteiger partial charge is 0.261 e. The fourth-order valence-corrected chi connectivity index (χ4v) is 2.48. The molecule has 0 amide bonds. The average Bonchev–Trinajstić information content (AvgIpc) is 2.49. The molecule has 1 aliphatic carbocycles. The number of rotatable bonds is 8. The first kappa shape index (κ1) is 16.1. The molecule has 0 bridgehead atoms. The van der Waals surface area contributed by atoms with Crippen LogP contribution in [0.1, 0.15) is 43.3 Å². The van der Waals surface area contributed by atoms with E-state index in [1.807, 2.05) is 0 Å². The first-order valence-corrected chi connectivity index (χ1v) is 7.69. The maximum absolute atomic E-state index is 12.0. The van der Waals surface area contributed by atoms with Crippen molar-refractivity contribution in [1.29, 1.82) is 0 Å². The molecular formula is C15H23F2N3O. The van der Waals surface area contributed by atoms with Gasteiger partial charge < -0.3 is 10.1 Å². The van der Waals surface area contributed by atoms with Gasteiger partial charge >= 0.3 is 0 Å². The van der Waals surface area contributed by atoms with E-state index in [1.54, 1.807) is 0 Å². The third kappa shape index (κ3) is 4.88. The molecule has 2 rings (SSSR count). The van der Waals surface area contributed by atoms with Crippen molar-refractivity contribution in [2.45, 2.75) is 51.9 Å². The van der Waals surface area contributed by atoms with Gasteiger partial charge in [0.2, 0.25) is 0 Å². The van der Waals surface area contributed by atoms with Crippen LogP contribution in [0, 0.1) is 0 Å². The van der Waals surface area contributed by atoms with Gasteiger partial charge in [0.1, 0.15) is 18.2 Å². The molecule has 1 N–H and O–H groups in total. The maximum Gasteiger partial charge on any atom is 0.261 e. The first-order chi connectivity index (χ1) is 10.2. The number of hydrogen-bond donors (Lipinski definition) is 1. The van der Waals surface area contributed by atoms with Gasteiger partial charge in [-0.1, -0.05) is 6.92 Å². The van der Waals surface area contributed by atoms with Crippen LogP contribution < -0.4 is 5.32 Å². The third-order valence-corrected chi connectivity index (χ3v) is 3.49. The highest BCUT2D eigenvalue weighted by molar-refractivity contribution is 5.47. The molecule has 6 heteroatoms. The van der Waals surface area contributed by atoms with Gasteiger partial charge in [-0.15, -0.1) is 0 Å². The molecule has 1 aromatic heterocycles. The highest BCUT2D eigenvalue weighted by Crippen LogP contribution is 2.25. The summed E-state index contributed by atoms with van der Waals surface area (Å²) in [7, 11) is 0. The number of nitrogens with one attached hydrogen (secondary N) is 1. The summed E-state index contributed by atoms with van der Waals surface area (Å²) < 4.78 is 29.0. The number of alkyl halides is 2. The van der Waals surface area contributed by atoms with E-state index in [2.05, 4.69) is 22.2 Å². The van der Waals surface area contributed by atoms with Crippen LogP contribution in [0.15, 0.2) is 0 Å². The molecule has 0 saturated heterocycles. The van der Waals surface area contributed by atoms with Gasteiger partial charge in [0.05, 0.1) is 6.61 Å². The van der Waals surface area contributed by atoms with Crippen LogP contribution in [0.5, 0.6) is 0 Å². The van der Waals surface area contributed by atoms with Gasteiger partial charge in [0, 0.05) is 24.2 Å². The van der Waals surface area contributed by atoms with Crippen molar-refractivity contribution in [2.75, 3.05) is 25.1 Å². The lowest BCUT2D eigenvalue weighted by atomic mass is 9.96. The number of hydrogen-bond acceptors (Lipinski definition) is 4. The van der Waals surface area contributed by atoms with Crippen LogP contribution >= 0.6 is 0 Å². The molecule has 0 unspecified atom stereocenters. The van der Waals surface area contributed by atoms with E-state index in [4.69, 9.17) is 4.74 Å². The summed E-state index contributed by atoms with van der Waals surface area (Å²) in [5.41, 5.74) is 2.34. The number of anilines is 1. The van der Waals surface area contributed by atoms with Crippen molar-refractivity contribution in [3.05, 3.63) is 17.1 Å². The Labute approximate surface area is 124 Å². The van der Waals surface area contributed by atoms with E-state index in [1.165, 1.54) is 12.0 Å². The van der Waals surface area contributed by atoms with Gasteiger partial charge in [-0.05, 0) is 32.1 Å². The first-order valence-electron chi connectivity index (χ1n) is 7.69. The molecule has 118 valence electrons. The Morgan fingerprint density at radius 1 is 1.24 bits per heavy atom. The minimum atomic E-state index is -2.42. The van der Waals surface area contributed by atoms with Crippen LogP contribution in [-0.4, -0.2) is 36.2 Å². The molecule has 0 aromatic carbocycles. The van der Waals surface area contributed by atoms with E-state index < -0.39 is 13.0 Å². The van der Waals surface area contributed by atoms with E-state index in [-0.39, 0.29) is 6.61 Å². The Morgan fingerprint density at radius 2 is 2.05 bits per heavy atom. The highest BCUT2D eigenvalue weighted by Gasteiger charge is 2.17. The lowest BCUT2D eigenvalue weighted by molar-refractivity contribution is 0.0182. The van der Waals surface area contributed by atoms with E-state index >= 15 is 0 Å². The molecule has 0 saturated carbocycles. The summed E-state index contributed by atoms with van der Waals surface area (Å²) in [5, 5.41) is 3.36. The van der Waals surface area contributed by atoms with Crippen LogP contribution in [0.4, 0.5) is 14.6 Å². The minimum absolute atomic E-state index is 0.232. The van der Waals surface area contributed by atoms with Gasteiger partial charge in [0.25, 0.3) is 6.43 Å².